The highest BCUT2D eigenvalue weighted by Gasteiger charge is 2.02. The molecular formula is C8H6BrNO2. The number of halogens is 1. The van der Waals surface area contributed by atoms with Gasteiger partial charge in [-0.3, -0.25) is 10.1 Å². The Bertz CT molecular complexity index is 308. The van der Waals surface area contributed by atoms with Gasteiger partial charge in [0.15, 0.2) is 0 Å². The molecule has 1 rings (SSSR count). The van der Waals surface area contributed by atoms with E-state index in [1.165, 1.54) is 6.08 Å². The fourth-order valence-electron chi connectivity index (χ4n) is 0.739. The lowest BCUT2D eigenvalue weighted by molar-refractivity contribution is -0.407. The lowest BCUT2D eigenvalue weighted by Crippen LogP contribution is -1.89. The number of hydrogen-bond acceptors (Lipinski definition) is 2. The van der Waals surface area contributed by atoms with Crippen LogP contribution < -0.4 is 0 Å². The molecule has 0 heterocycles. The van der Waals surface area contributed by atoms with Gasteiger partial charge in [0, 0.05) is 22.0 Å². The number of rotatable bonds is 2. The summed E-state index contributed by atoms with van der Waals surface area (Å²) in [6.45, 7) is 0. The molecule has 0 spiro atoms. The van der Waals surface area contributed by atoms with Gasteiger partial charge in [0.1, 0.15) is 0 Å². The van der Waals surface area contributed by atoms with Crippen LogP contribution in [0.1, 0.15) is 5.56 Å². The van der Waals surface area contributed by atoms with Gasteiger partial charge in [-0.25, -0.2) is 0 Å². The fraction of sp³-hybridized carbons (Fsp3) is 0. The first-order chi connectivity index (χ1) is 5.70. The summed E-state index contributed by atoms with van der Waals surface area (Å²) in [5.41, 5.74) is 0.807. The Labute approximate surface area is 78.0 Å². The van der Waals surface area contributed by atoms with Crippen LogP contribution in [0.15, 0.2) is 34.9 Å². The summed E-state index contributed by atoms with van der Waals surface area (Å²) in [5.74, 6) is 0. The minimum Gasteiger partial charge on any atom is -0.258 e. The molecule has 0 saturated heterocycles. The van der Waals surface area contributed by atoms with Crippen LogP contribution in [0.3, 0.4) is 0 Å². The van der Waals surface area contributed by atoms with Crippen molar-refractivity contribution in [3.8, 4) is 0 Å². The van der Waals surface area contributed by atoms with E-state index in [9.17, 15) is 10.1 Å². The first-order valence-electron chi connectivity index (χ1n) is 3.27. The first kappa shape index (κ1) is 8.93. The van der Waals surface area contributed by atoms with Gasteiger partial charge in [-0.1, -0.05) is 30.3 Å². The minimum absolute atomic E-state index is 0.0336. The predicted molar refractivity (Wildman–Crippen MR) is 50.3 cm³/mol. The molecule has 0 bridgehead atoms. The highest BCUT2D eigenvalue weighted by Crippen LogP contribution is 2.11. The third kappa shape index (κ3) is 2.47. The van der Waals surface area contributed by atoms with Crippen molar-refractivity contribution in [2.45, 2.75) is 0 Å². The van der Waals surface area contributed by atoms with Crippen LogP contribution in [0.4, 0.5) is 0 Å². The minimum atomic E-state index is -0.479. The van der Waals surface area contributed by atoms with Crippen LogP contribution in [0.5, 0.6) is 0 Å². The Kier molecular flexibility index (Phi) is 2.99. The summed E-state index contributed by atoms with van der Waals surface area (Å²) in [6, 6.07) is 9.10. The molecule has 0 N–H and O–H groups in total. The molecule has 12 heavy (non-hydrogen) atoms. The zero-order chi connectivity index (χ0) is 8.97. The standard InChI is InChI=1S/C8H6BrNO2/c9-8(10(11)12)6-7-4-2-1-3-5-7/h1-6H. The van der Waals surface area contributed by atoms with Crippen molar-refractivity contribution >= 4 is 22.0 Å². The highest BCUT2D eigenvalue weighted by molar-refractivity contribution is 9.11. The second-order valence-corrected chi connectivity index (χ2v) is 2.95. The Morgan fingerprint density at radius 3 is 2.50 bits per heavy atom. The van der Waals surface area contributed by atoms with Gasteiger partial charge in [0.25, 0.3) is 0 Å². The average Bonchev–Trinajstić information content (AvgIpc) is 2.06. The van der Waals surface area contributed by atoms with Crippen molar-refractivity contribution in [3.05, 3.63) is 50.6 Å². The molecule has 0 unspecified atom stereocenters. The van der Waals surface area contributed by atoms with E-state index in [1.807, 2.05) is 18.2 Å². The van der Waals surface area contributed by atoms with E-state index in [0.717, 1.165) is 5.56 Å². The third-order valence-electron chi connectivity index (χ3n) is 1.26. The first-order valence-corrected chi connectivity index (χ1v) is 4.06. The maximum Gasteiger partial charge on any atom is 0.311 e. The number of hydrogen-bond donors (Lipinski definition) is 0. The molecule has 0 aromatic heterocycles. The predicted octanol–water partition coefficient (Wildman–Crippen LogP) is 2.66. The molecule has 1 aromatic rings. The molecule has 0 radical (unpaired) electrons. The molecule has 1 aromatic carbocycles. The van der Waals surface area contributed by atoms with Gasteiger partial charge >= 0.3 is 4.61 Å². The van der Waals surface area contributed by atoms with E-state index in [2.05, 4.69) is 15.9 Å². The highest BCUT2D eigenvalue weighted by atomic mass is 79.9. The number of nitro groups is 1. The molecule has 0 aliphatic carbocycles. The monoisotopic (exact) mass is 227 g/mol. The average molecular weight is 228 g/mol. The molecule has 3 nitrogen and oxygen atoms in total. The van der Waals surface area contributed by atoms with Crippen molar-refractivity contribution < 1.29 is 4.92 Å². The quantitative estimate of drug-likeness (QED) is 0.443. The van der Waals surface area contributed by atoms with E-state index in [1.54, 1.807) is 12.1 Å². The van der Waals surface area contributed by atoms with Crippen molar-refractivity contribution in [2.24, 2.45) is 0 Å². The molecule has 4 heteroatoms. The summed E-state index contributed by atoms with van der Waals surface area (Å²) < 4.78 is -0.0336. The Morgan fingerprint density at radius 2 is 2.00 bits per heavy atom. The summed E-state index contributed by atoms with van der Waals surface area (Å²) in [5, 5.41) is 10.2. The fourth-order valence-corrected chi connectivity index (χ4v) is 1.00. The topological polar surface area (TPSA) is 43.1 Å². The molecule has 0 atom stereocenters. The van der Waals surface area contributed by atoms with E-state index < -0.39 is 4.92 Å². The van der Waals surface area contributed by atoms with Crippen LogP contribution in [0, 0.1) is 10.1 Å². The van der Waals surface area contributed by atoms with Crippen LogP contribution in [-0.4, -0.2) is 4.92 Å². The number of nitrogens with zero attached hydrogens (tertiary/aromatic N) is 1. The van der Waals surface area contributed by atoms with Crippen LogP contribution in [0.2, 0.25) is 0 Å². The molecular weight excluding hydrogens is 222 g/mol. The summed E-state index contributed by atoms with van der Waals surface area (Å²) in [6.07, 6.45) is 1.46. The summed E-state index contributed by atoms with van der Waals surface area (Å²) >= 11 is 2.84. The third-order valence-corrected chi connectivity index (χ3v) is 1.78. The number of benzene rings is 1. The SMILES string of the molecule is O=[N+]([O-])C(Br)=Cc1ccccc1. The molecule has 62 valence electrons. The second kappa shape index (κ2) is 4.01. The van der Waals surface area contributed by atoms with Gasteiger partial charge in [-0.15, -0.1) is 0 Å². The van der Waals surface area contributed by atoms with Gasteiger partial charge in [-0.05, 0) is 5.56 Å². The maximum absolute atomic E-state index is 10.2. The zero-order valence-electron chi connectivity index (χ0n) is 6.11. The van der Waals surface area contributed by atoms with Gasteiger partial charge in [-0.2, -0.15) is 0 Å². The van der Waals surface area contributed by atoms with Crippen LogP contribution >= 0.6 is 15.9 Å². The largest absolute Gasteiger partial charge is 0.311 e. The normalized spacial score (nSPS) is 11.2. The lowest BCUT2D eigenvalue weighted by atomic mass is 10.2. The van der Waals surface area contributed by atoms with Crippen molar-refractivity contribution in [3.63, 3.8) is 0 Å². The van der Waals surface area contributed by atoms with Gasteiger partial charge in [0.2, 0.25) is 0 Å². The zero-order valence-corrected chi connectivity index (χ0v) is 7.69. The van der Waals surface area contributed by atoms with Crippen molar-refractivity contribution in [1.82, 2.24) is 0 Å². The molecule has 0 amide bonds. The summed E-state index contributed by atoms with van der Waals surface area (Å²) in [7, 11) is 0. The van der Waals surface area contributed by atoms with Crippen molar-refractivity contribution in [1.29, 1.82) is 0 Å². The van der Waals surface area contributed by atoms with E-state index in [4.69, 9.17) is 0 Å². The van der Waals surface area contributed by atoms with E-state index >= 15 is 0 Å². The van der Waals surface area contributed by atoms with E-state index in [-0.39, 0.29) is 4.61 Å². The van der Waals surface area contributed by atoms with Crippen LogP contribution in [0.25, 0.3) is 6.08 Å². The second-order valence-electron chi connectivity index (χ2n) is 2.13. The lowest BCUT2D eigenvalue weighted by Gasteiger charge is -1.89. The Hall–Kier alpha value is -1.16. The van der Waals surface area contributed by atoms with Gasteiger partial charge < -0.3 is 0 Å². The molecule has 0 aliphatic rings. The molecule has 0 saturated carbocycles. The maximum atomic E-state index is 10.2. The van der Waals surface area contributed by atoms with Crippen molar-refractivity contribution in [2.75, 3.05) is 0 Å². The van der Waals surface area contributed by atoms with Gasteiger partial charge in [0.05, 0.1) is 4.92 Å². The smallest absolute Gasteiger partial charge is 0.258 e. The van der Waals surface area contributed by atoms with E-state index in [0.29, 0.717) is 0 Å². The Balaban J connectivity index is 2.89. The summed E-state index contributed by atoms with van der Waals surface area (Å²) in [4.78, 5) is 9.71. The van der Waals surface area contributed by atoms with Crippen LogP contribution in [-0.2, 0) is 0 Å². The Morgan fingerprint density at radius 1 is 1.42 bits per heavy atom. The molecule has 0 fully saturated rings. The molecule has 0 aliphatic heterocycles.